The first-order valence-corrected chi connectivity index (χ1v) is 12.3. The van der Waals surface area contributed by atoms with Crippen LogP contribution < -0.4 is 15.4 Å². The van der Waals surface area contributed by atoms with Crippen molar-refractivity contribution >= 4 is 23.1 Å². The lowest BCUT2D eigenvalue weighted by Gasteiger charge is -2.16. The smallest absolute Gasteiger partial charge is 0.421 e. The van der Waals surface area contributed by atoms with Crippen molar-refractivity contribution < 1.29 is 17.9 Å². The molecule has 0 spiro atoms. The van der Waals surface area contributed by atoms with E-state index in [-0.39, 0.29) is 17.9 Å². The molecule has 3 aromatic rings. The Bertz CT molecular complexity index is 1120. The van der Waals surface area contributed by atoms with E-state index in [4.69, 9.17) is 4.74 Å². The second-order valence-electron chi connectivity index (χ2n) is 9.36. The summed E-state index contributed by atoms with van der Waals surface area (Å²) in [5, 5.41) is 5.83. The Morgan fingerprint density at radius 1 is 0.771 bits per heavy atom. The molecule has 184 valence electrons. The summed E-state index contributed by atoms with van der Waals surface area (Å²) < 4.78 is 46.8. The molecule has 0 bridgehead atoms. The van der Waals surface area contributed by atoms with Gasteiger partial charge < -0.3 is 15.4 Å². The van der Waals surface area contributed by atoms with Crippen LogP contribution in [-0.4, -0.2) is 16.1 Å². The second kappa shape index (κ2) is 10.1. The van der Waals surface area contributed by atoms with Crippen LogP contribution in [0.25, 0.3) is 0 Å². The largest absolute Gasteiger partial charge is 0.490 e. The first-order chi connectivity index (χ1) is 16.9. The molecule has 2 aliphatic carbocycles. The summed E-state index contributed by atoms with van der Waals surface area (Å²) in [5.74, 6) is 1.10. The molecule has 0 saturated heterocycles. The zero-order chi connectivity index (χ0) is 24.3. The van der Waals surface area contributed by atoms with E-state index in [1.807, 2.05) is 12.1 Å². The van der Waals surface area contributed by atoms with Crippen molar-refractivity contribution in [1.82, 2.24) is 9.97 Å². The van der Waals surface area contributed by atoms with E-state index in [1.165, 1.54) is 44.1 Å². The highest BCUT2D eigenvalue weighted by atomic mass is 19.4. The van der Waals surface area contributed by atoms with Gasteiger partial charge in [0.05, 0.1) is 6.10 Å². The van der Waals surface area contributed by atoms with Gasteiger partial charge in [0.1, 0.15) is 17.1 Å². The average molecular weight is 483 g/mol. The molecule has 0 radical (unpaired) electrons. The molecule has 8 heteroatoms. The third-order valence-electron chi connectivity index (χ3n) is 6.81. The molecular weight excluding hydrogens is 453 g/mol. The molecule has 2 N–H and O–H groups in total. The molecule has 0 aliphatic heterocycles. The topological polar surface area (TPSA) is 59.1 Å². The number of hydrogen-bond donors (Lipinski definition) is 2. The zero-order valence-corrected chi connectivity index (χ0v) is 19.4. The summed E-state index contributed by atoms with van der Waals surface area (Å²) in [4.78, 5) is 8.06. The highest BCUT2D eigenvalue weighted by molar-refractivity contribution is 5.63. The number of nitrogens with one attached hydrogen (secondary N) is 2. The summed E-state index contributed by atoms with van der Waals surface area (Å²) in [6.07, 6.45) is 5.77. The van der Waals surface area contributed by atoms with E-state index in [0.29, 0.717) is 17.4 Å². The number of hydrogen-bond acceptors (Lipinski definition) is 5. The Labute approximate surface area is 203 Å². The fraction of sp³-hybridized carbons (Fsp3) is 0.407. The Balaban J connectivity index is 1.31. The van der Waals surface area contributed by atoms with Crippen molar-refractivity contribution in [2.45, 2.75) is 69.6 Å². The third kappa shape index (κ3) is 5.86. The van der Waals surface area contributed by atoms with Gasteiger partial charge in [0.25, 0.3) is 0 Å². The second-order valence-corrected chi connectivity index (χ2v) is 9.36. The number of benzene rings is 2. The Kier molecular flexibility index (Phi) is 6.79. The zero-order valence-electron chi connectivity index (χ0n) is 19.4. The maximum atomic E-state index is 13.6. The standard InChI is InChI=1S/C27H29F3N4O/c28-27(29,30)24-17-31-26(33-21-11-9-19(10-12-21)18-5-1-2-6-18)34-25(24)32-20-13-15-23(16-14-20)35-22-7-3-4-8-22/h9-18,22H,1-8H2,(H2,31,32,33,34). The van der Waals surface area contributed by atoms with E-state index in [0.717, 1.165) is 24.7 Å². The summed E-state index contributed by atoms with van der Waals surface area (Å²) in [7, 11) is 0. The fourth-order valence-electron chi connectivity index (χ4n) is 4.92. The van der Waals surface area contributed by atoms with Crippen molar-refractivity contribution in [2.75, 3.05) is 10.6 Å². The molecule has 0 atom stereocenters. The van der Waals surface area contributed by atoms with Gasteiger partial charge in [-0.2, -0.15) is 18.2 Å². The van der Waals surface area contributed by atoms with Crippen LogP contribution in [0.2, 0.25) is 0 Å². The quantitative estimate of drug-likeness (QED) is 0.358. The minimum Gasteiger partial charge on any atom is -0.490 e. The Morgan fingerprint density at radius 2 is 1.37 bits per heavy atom. The van der Waals surface area contributed by atoms with Gasteiger partial charge in [-0.15, -0.1) is 0 Å². The van der Waals surface area contributed by atoms with Crippen LogP contribution in [0, 0.1) is 0 Å². The van der Waals surface area contributed by atoms with Crippen molar-refractivity contribution in [2.24, 2.45) is 0 Å². The number of aromatic nitrogens is 2. The maximum absolute atomic E-state index is 13.6. The summed E-state index contributed by atoms with van der Waals surface area (Å²) in [6, 6.07) is 14.9. The van der Waals surface area contributed by atoms with Crippen molar-refractivity contribution in [1.29, 1.82) is 0 Å². The van der Waals surface area contributed by atoms with E-state index in [2.05, 4.69) is 32.7 Å². The number of alkyl halides is 3. The summed E-state index contributed by atoms with van der Waals surface area (Å²) >= 11 is 0. The molecule has 1 heterocycles. The normalized spacial score (nSPS) is 17.0. The van der Waals surface area contributed by atoms with E-state index in [9.17, 15) is 13.2 Å². The number of rotatable bonds is 7. The van der Waals surface area contributed by atoms with E-state index in [1.54, 1.807) is 24.3 Å². The number of nitrogens with zero attached hydrogens (tertiary/aromatic N) is 2. The van der Waals surface area contributed by atoms with Gasteiger partial charge in [-0.25, -0.2) is 4.98 Å². The monoisotopic (exact) mass is 482 g/mol. The third-order valence-corrected chi connectivity index (χ3v) is 6.81. The van der Waals surface area contributed by atoms with E-state index < -0.39 is 11.7 Å². The van der Waals surface area contributed by atoms with Crippen molar-refractivity contribution in [3.05, 3.63) is 65.9 Å². The van der Waals surface area contributed by atoms with Crippen LogP contribution in [0.3, 0.4) is 0 Å². The highest BCUT2D eigenvalue weighted by Gasteiger charge is 2.35. The van der Waals surface area contributed by atoms with Gasteiger partial charge in [0.2, 0.25) is 5.95 Å². The maximum Gasteiger partial charge on any atom is 0.421 e. The van der Waals surface area contributed by atoms with Crippen LogP contribution in [-0.2, 0) is 6.18 Å². The SMILES string of the molecule is FC(F)(F)c1cnc(Nc2ccc(C3CCCC3)cc2)nc1Nc1ccc(OC2CCCC2)cc1. The van der Waals surface area contributed by atoms with Crippen molar-refractivity contribution in [3.8, 4) is 5.75 Å². The van der Waals surface area contributed by atoms with Gasteiger partial charge >= 0.3 is 6.18 Å². The van der Waals surface area contributed by atoms with Gasteiger partial charge in [0.15, 0.2) is 0 Å². The number of ether oxygens (including phenoxy) is 1. The molecule has 0 unspecified atom stereocenters. The van der Waals surface area contributed by atoms with Crippen LogP contribution in [0.5, 0.6) is 5.75 Å². The number of anilines is 4. The van der Waals surface area contributed by atoms with Gasteiger partial charge in [-0.3, -0.25) is 0 Å². The first kappa shape index (κ1) is 23.5. The summed E-state index contributed by atoms with van der Waals surface area (Å²) in [6.45, 7) is 0. The molecule has 2 fully saturated rings. The van der Waals surface area contributed by atoms with Crippen LogP contribution in [0.1, 0.15) is 68.4 Å². The molecule has 1 aromatic heterocycles. The Morgan fingerprint density at radius 3 is 2.03 bits per heavy atom. The number of halogens is 3. The molecule has 2 saturated carbocycles. The molecule has 5 nitrogen and oxygen atoms in total. The van der Waals surface area contributed by atoms with Gasteiger partial charge in [-0.1, -0.05) is 25.0 Å². The lowest BCUT2D eigenvalue weighted by Crippen LogP contribution is -2.13. The molecule has 2 aliphatic rings. The minimum atomic E-state index is -4.59. The van der Waals surface area contributed by atoms with E-state index >= 15 is 0 Å². The Hall–Kier alpha value is -3.29. The predicted octanol–water partition coefficient (Wildman–Crippen LogP) is 7.96. The fourth-order valence-corrected chi connectivity index (χ4v) is 4.92. The average Bonchev–Trinajstić information content (AvgIpc) is 3.55. The minimum absolute atomic E-state index is 0.0929. The lowest BCUT2D eigenvalue weighted by molar-refractivity contribution is -0.137. The van der Waals surface area contributed by atoms with Gasteiger partial charge in [0, 0.05) is 17.6 Å². The van der Waals surface area contributed by atoms with Gasteiger partial charge in [-0.05, 0) is 86.4 Å². The van der Waals surface area contributed by atoms with Crippen LogP contribution >= 0.6 is 0 Å². The molecule has 2 aromatic carbocycles. The van der Waals surface area contributed by atoms with Crippen LogP contribution in [0.15, 0.2) is 54.7 Å². The molecule has 0 amide bonds. The first-order valence-electron chi connectivity index (χ1n) is 12.3. The molecule has 5 rings (SSSR count). The predicted molar refractivity (Wildman–Crippen MR) is 131 cm³/mol. The molecular formula is C27H29F3N4O. The lowest BCUT2D eigenvalue weighted by atomic mass is 9.98. The highest BCUT2D eigenvalue weighted by Crippen LogP contribution is 2.37. The van der Waals surface area contributed by atoms with Crippen molar-refractivity contribution in [3.63, 3.8) is 0 Å². The summed E-state index contributed by atoms with van der Waals surface area (Å²) in [5.41, 5.74) is 1.58. The molecule has 35 heavy (non-hydrogen) atoms. The van der Waals surface area contributed by atoms with Crippen LogP contribution in [0.4, 0.5) is 36.3 Å².